The minimum absolute atomic E-state index is 0.0257. The Kier molecular flexibility index (Phi) is 3.23. The molecule has 5 heteroatoms. The predicted octanol–water partition coefficient (Wildman–Crippen LogP) is 1.68. The second kappa shape index (κ2) is 4.38. The molecule has 1 amide bonds. The van der Waals surface area contributed by atoms with E-state index < -0.39 is 0 Å². The van der Waals surface area contributed by atoms with Gasteiger partial charge in [0.2, 0.25) is 5.91 Å². The maximum Gasteiger partial charge on any atom is 0.227 e. The van der Waals surface area contributed by atoms with Gasteiger partial charge in [0.05, 0.1) is 22.2 Å². The zero-order valence-corrected chi connectivity index (χ0v) is 11.4. The third-order valence-corrected chi connectivity index (χ3v) is 4.66. The fourth-order valence-corrected chi connectivity index (χ4v) is 2.97. The largest absolute Gasteiger partial charge is 0.348 e. The first-order valence-electron chi connectivity index (χ1n) is 5.93. The summed E-state index contributed by atoms with van der Waals surface area (Å²) in [4.78, 5) is 17.6. The summed E-state index contributed by atoms with van der Waals surface area (Å²) in [7, 11) is 0. The Balaban J connectivity index is 2.04. The molecule has 1 saturated carbocycles. The van der Waals surface area contributed by atoms with Crippen LogP contribution in [0.1, 0.15) is 41.4 Å². The number of thiazole rings is 1. The molecule has 0 bridgehead atoms. The third-order valence-electron chi connectivity index (χ3n) is 3.41. The van der Waals surface area contributed by atoms with Crippen LogP contribution in [0.5, 0.6) is 0 Å². The molecule has 0 spiro atoms. The lowest BCUT2D eigenvalue weighted by Gasteiger charge is -2.17. The van der Waals surface area contributed by atoms with Crippen LogP contribution in [0, 0.1) is 19.3 Å². The summed E-state index contributed by atoms with van der Waals surface area (Å²) in [6.07, 6.45) is 1.84. The Morgan fingerprint density at radius 1 is 1.59 bits per heavy atom. The van der Waals surface area contributed by atoms with Gasteiger partial charge in [-0.2, -0.15) is 0 Å². The van der Waals surface area contributed by atoms with E-state index >= 15 is 0 Å². The highest BCUT2D eigenvalue weighted by atomic mass is 32.1. The van der Waals surface area contributed by atoms with Crippen molar-refractivity contribution in [2.45, 2.75) is 39.7 Å². The number of carbonyl (C=O) groups excluding carboxylic acids is 1. The van der Waals surface area contributed by atoms with Gasteiger partial charge in [-0.15, -0.1) is 11.3 Å². The van der Waals surface area contributed by atoms with Crippen molar-refractivity contribution in [3.8, 4) is 0 Å². The van der Waals surface area contributed by atoms with Crippen molar-refractivity contribution in [2.24, 2.45) is 11.1 Å². The SMILES string of the molecule is Cc1nc(C)c(C(C)NC(=O)C2(CN)CC2)s1. The van der Waals surface area contributed by atoms with Crippen LogP contribution in [0.15, 0.2) is 0 Å². The first-order chi connectivity index (χ1) is 7.98. The fraction of sp³-hybridized carbons (Fsp3) is 0.667. The average Bonchev–Trinajstić information content (AvgIpc) is 2.99. The van der Waals surface area contributed by atoms with E-state index in [9.17, 15) is 4.79 Å². The second-order valence-electron chi connectivity index (χ2n) is 4.86. The molecule has 1 atom stereocenters. The summed E-state index contributed by atoms with van der Waals surface area (Å²) < 4.78 is 0. The third kappa shape index (κ3) is 2.35. The summed E-state index contributed by atoms with van der Waals surface area (Å²) in [6, 6.07) is 0.0257. The van der Waals surface area contributed by atoms with Crippen LogP contribution in [0.2, 0.25) is 0 Å². The van der Waals surface area contributed by atoms with E-state index in [0.717, 1.165) is 28.4 Å². The number of carbonyl (C=O) groups is 1. The van der Waals surface area contributed by atoms with Gasteiger partial charge in [-0.05, 0) is 33.6 Å². The zero-order valence-electron chi connectivity index (χ0n) is 10.5. The van der Waals surface area contributed by atoms with E-state index in [1.54, 1.807) is 11.3 Å². The number of rotatable bonds is 4. The number of nitrogens with one attached hydrogen (secondary N) is 1. The van der Waals surface area contributed by atoms with Gasteiger partial charge in [0, 0.05) is 11.4 Å². The maximum absolute atomic E-state index is 12.1. The van der Waals surface area contributed by atoms with Gasteiger partial charge in [-0.25, -0.2) is 4.98 Å². The Morgan fingerprint density at radius 3 is 2.65 bits per heavy atom. The quantitative estimate of drug-likeness (QED) is 0.857. The normalized spacial score (nSPS) is 18.8. The number of hydrogen-bond donors (Lipinski definition) is 2. The van der Waals surface area contributed by atoms with Gasteiger partial charge in [0.25, 0.3) is 0 Å². The molecule has 1 unspecified atom stereocenters. The van der Waals surface area contributed by atoms with Crippen molar-refractivity contribution < 1.29 is 4.79 Å². The van der Waals surface area contributed by atoms with Gasteiger partial charge in [0.1, 0.15) is 0 Å². The van der Waals surface area contributed by atoms with Crippen LogP contribution >= 0.6 is 11.3 Å². The van der Waals surface area contributed by atoms with E-state index in [4.69, 9.17) is 5.73 Å². The van der Waals surface area contributed by atoms with Crippen LogP contribution in [0.4, 0.5) is 0 Å². The topological polar surface area (TPSA) is 68.0 Å². The standard InChI is InChI=1S/C12H19N3OS/c1-7-10(17-9(3)14-7)8(2)15-11(16)12(6-13)4-5-12/h8H,4-6,13H2,1-3H3,(H,15,16). The Labute approximate surface area is 106 Å². The molecule has 0 radical (unpaired) electrons. The molecule has 3 N–H and O–H groups in total. The highest BCUT2D eigenvalue weighted by Gasteiger charge is 2.48. The Hall–Kier alpha value is -0.940. The number of nitrogens with zero attached hydrogens (tertiary/aromatic N) is 1. The van der Waals surface area contributed by atoms with E-state index in [1.165, 1.54) is 0 Å². The van der Waals surface area contributed by atoms with E-state index in [2.05, 4.69) is 10.3 Å². The van der Waals surface area contributed by atoms with Crippen molar-refractivity contribution in [1.82, 2.24) is 10.3 Å². The summed E-state index contributed by atoms with van der Waals surface area (Å²) in [5, 5.41) is 4.10. The summed E-state index contributed by atoms with van der Waals surface area (Å²) >= 11 is 1.65. The number of nitrogens with two attached hydrogens (primary N) is 1. The van der Waals surface area contributed by atoms with Crippen LogP contribution in [-0.4, -0.2) is 17.4 Å². The van der Waals surface area contributed by atoms with Gasteiger partial charge in [-0.1, -0.05) is 0 Å². The van der Waals surface area contributed by atoms with Gasteiger partial charge >= 0.3 is 0 Å². The molecule has 1 aliphatic carbocycles. The predicted molar refractivity (Wildman–Crippen MR) is 68.9 cm³/mol. The van der Waals surface area contributed by atoms with Crippen LogP contribution in [0.25, 0.3) is 0 Å². The number of hydrogen-bond acceptors (Lipinski definition) is 4. The first kappa shape index (κ1) is 12.5. The smallest absolute Gasteiger partial charge is 0.227 e. The molecule has 1 fully saturated rings. The van der Waals surface area contributed by atoms with Crippen molar-refractivity contribution in [3.05, 3.63) is 15.6 Å². The summed E-state index contributed by atoms with van der Waals surface area (Å²) in [5.74, 6) is 0.0953. The monoisotopic (exact) mass is 253 g/mol. The molecule has 0 saturated heterocycles. The first-order valence-corrected chi connectivity index (χ1v) is 6.75. The Morgan fingerprint density at radius 2 is 2.24 bits per heavy atom. The average molecular weight is 253 g/mol. The lowest BCUT2D eigenvalue weighted by molar-refractivity contribution is -0.126. The van der Waals surface area contributed by atoms with Gasteiger partial charge < -0.3 is 11.1 Å². The van der Waals surface area contributed by atoms with Crippen molar-refractivity contribution in [1.29, 1.82) is 0 Å². The Bertz CT molecular complexity index is 437. The molecule has 17 heavy (non-hydrogen) atoms. The molecule has 1 aromatic heterocycles. The van der Waals surface area contributed by atoms with Crippen molar-refractivity contribution in [2.75, 3.05) is 6.54 Å². The molecule has 2 rings (SSSR count). The van der Waals surface area contributed by atoms with Crippen LogP contribution < -0.4 is 11.1 Å². The summed E-state index contributed by atoms with van der Waals surface area (Å²) in [6.45, 7) is 6.42. The van der Waals surface area contributed by atoms with Crippen LogP contribution in [0.3, 0.4) is 0 Å². The highest BCUT2D eigenvalue weighted by molar-refractivity contribution is 7.11. The minimum atomic E-state index is -0.276. The molecule has 1 aromatic rings. The van der Waals surface area contributed by atoms with Gasteiger partial charge in [0.15, 0.2) is 0 Å². The summed E-state index contributed by atoms with van der Waals surface area (Å²) in [5.41, 5.74) is 6.38. The minimum Gasteiger partial charge on any atom is -0.348 e. The lowest BCUT2D eigenvalue weighted by Crippen LogP contribution is -2.37. The molecular formula is C12H19N3OS. The van der Waals surface area contributed by atoms with Crippen molar-refractivity contribution >= 4 is 17.2 Å². The molecule has 1 heterocycles. The molecule has 94 valence electrons. The van der Waals surface area contributed by atoms with E-state index in [1.807, 2.05) is 20.8 Å². The van der Waals surface area contributed by atoms with E-state index in [0.29, 0.717) is 6.54 Å². The molecule has 0 aromatic carbocycles. The second-order valence-corrected chi connectivity index (χ2v) is 6.10. The zero-order chi connectivity index (χ0) is 12.6. The molecule has 0 aliphatic heterocycles. The van der Waals surface area contributed by atoms with Crippen LogP contribution in [-0.2, 0) is 4.79 Å². The maximum atomic E-state index is 12.1. The molecular weight excluding hydrogens is 234 g/mol. The lowest BCUT2D eigenvalue weighted by atomic mass is 10.1. The highest BCUT2D eigenvalue weighted by Crippen LogP contribution is 2.45. The fourth-order valence-electron chi connectivity index (χ4n) is 2.04. The molecule has 1 aliphatic rings. The number of amides is 1. The van der Waals surface area contributed by atoms with Gasteiger partial charge in [-0.3, -0.25) is 4.79 Å². The van der Waals surface area contributed by atoms with Crippen molar-refractivity contribution in [3.63, 3.8) is 0 Å². The number of aromatic nitrogens is 1. The number of aryl methyl sites for hydroxylation is 2. The van der Waals surface area contributed by atoms with E-state index in [-0.39, 0.29) is 17.4 Å². The molecule has 4 nitrogen and oxygen atoms in total.